The number of hydrogen-bond donors (Lipinski definition) is 1. The van der Waals surface area contributed by atoms with Crippen molar-refractivity contribution in [3.05, 3.63) is 35.8 Å². The first-order chi connectivity index (χ1) is 10.7. The summed E-state index contributed by atoms with van der Waals surface area (Å²) < 4.78 is 18.1. The number of aliphatic imine (C=N–C) groups is 1. The number of hydroxylamine groups is 1. The molecule has 2 bridgehead atoms. The summed E-state index contributed by atoms with van der Waals surface area (Å²) in [6, 6.07) is 6.33. The van der Waals surface area contributed by atoms with Gasteiger partial charge in [0, 0.05) is 22.9 Å². The van der Waals surface area contributed by atoms with Gasteiger partial charge in [0.15, 0.2) is 5.84 Å². The summed E-state index contributed by atoms with van der Waals surface area (Å²) in [7, 11) is 0. The van der Waals surface area contributed by atoms with Crippen molar-refractivity contribution < 1.29 is 13.6 Å². The Bertz CT molecular complexity index is 779. The van der Waals surface area contributed by atoms with Crippen LogP contribution in [0.1, 0.15) is 18.4 Å². The number of halogens is 1. The highest BCUT2D eigenvalue weighted by atomic mass is 19.1. The lowest BCUT2D eigenvalue weighted by Crippen LogP contribution is -2.58. The minimum absolute atomic E-state index is 0.456. The third-order valence-electron chi connectivity index (χ3n) is 5.06. The zero-order chi connectivity index (χ0) is 14.7. The van der Waals surface area contributed by atoms with Gasteiger partial charge in [-0.2, -0.15) is 4.39 Å². The van der Waals surface area contributed by atoms with Crippen molar-refractivity contribution in [3.63, 3.8) is 0 Å². The number of fused-ring (bicyclic) bond motifs is 3. The third-order valence-corrected chi connectivity index (χ3v) is 5.06. The van der Waals surface area contributed by atoms with Gasteiger partial charge in [-0.1, -0.05) is 0 Å². The maximum absolute atomic E-state index is 13.2. The molecule has 1 N–H and O–H groups in total. The van der Waals surface area contributed by atoms with Gasteiger partial charge >= 0.3 is 0 Å². The van der Waals surface area contributed by atoms with E-state index in [0.29, 0.717) is 11.5 Å². The van der Waals surface area contributed by atoms with Crippen LogP contribution in [-0.4, -0.2) is 36.1 Å². The summed E-state index contributed by atoms with van der Waals surface area (Å²) >= 11 is 0. The van der Waals surface area contributed by atoms with Gasteiger partial charge in [0.1, 0.15) is 5.58 Å². The van der Waals surface area contributed by atoms with E-state index in [4.69, 9.17) is 14.2 Å². The van der Waals surface area contributed by atoms with E-state index < -0.39 is 11.7 Å². The van der Waals surface area contributed by atoms with Crippen molar-refractivity contribution in [2.75, 3.05) is 19.6 Å². The second kappa shape index (κ2) is 4.30. The van der Waals surface area contributed by atoms with E-state index in [1.165, 1.54) is 6.07 Å². The second-order valence-electron chi connectivity index (χ2n) is 6.36. The van der Waals surface area contributed by atoms with E-state index in [9.17, 15) is 4.39 Å². The Kier molecular flexibility index (Phi) is 2.46. The Morgan fingerprint density at radius 3 is 2.91 bits per heavy atom. The standard InChI is InChI=1S/C16H16FN3O2/c17-14-8-11-7-10(1-2-13(11)21-14)15-18-16(22-19-15)9-20-5-3-12(16)4-6-20/h1-2,7-8,12H,3-6,9H2,(H,18,19). The van der Waals surface area contributed by atoms with Gasteiger partial charge in [-0.3, -0.25) is 4.90 Å². The summed E-state index contributed by atoms with van der Waals surface area (Å²) in [5.41, 5.74) is 3.96. The fourth-order valence-corrected chi connectivity index (χ4v) is 3.89. The molecule has 5 heterocycles. The fraction of sp³-hybridized carbons (Fsp3) is 0.438. The number of nitrogens with zero attached hydrogens (tertiary/aromatic N) is 2. The molecule has 1 spiro atoms. The van der Waals surface area contributed by atoms with E-state index in [0.717, 1.165) is 49.3 Å². The van der Waals surface area contributed by atoms with Gasteiger partial charge in [0.05, 0.1) is 6.54 Å². The largest absolute Gasteiger partial charge is 0.431 e. The maximum Gasteiger partial charge on any atom is 0.278 e. The Hall–Kier alpha value is -1.92. The monoisotopic (exact) mass is 301 g/mol. The molecule has 6 heteroatoms. The van der Waals surface area contributed by atoms with Crippen molar-refractivity contribution in [1.82, 2.24) is 10.4 Å². The molecular formula is C16H16FN3O2. The molecule has 6 rings (SSSR count). The number of furan rings is 1. The lowest BCUT2D eigenvalue weighted by atomic mass is 9.81. The average Bonchev–Trinajstić information content (AvgIpc) is 3.10. The molecule has 1 aromatic heterocycles. The molecule has 0 aliphatic carbocycles. The van der Waals surface area contributed by atoms with E-state index in [-0.39, 0.29) is 0 Å². The van der Waals surface area contributed by atoms with Crippen LogP contribution in [0, 0.1) is 11.9 Å². The van der Waals surface area contributed by atoms with Crippen LogP contribution in [0.25, 0.3) is 11.0 Å². The molecule has 1 atom stereocenters. The van der Waals surface area contributed by atoms with Crippen LogP contribution in [0.15, 0.2) is 33.7 Å². The highest BCUT2D eigenvalue weighted by Gasteiger charge is 2.51. The Balaban J connectivity index is 1.53. The van der Waals surface area contributed by atoms with Gasteiger partial charge < -0.3 is 4.42 Å². The molecule has 22 heavy (non-hydrogen) atoms. The molecule has 0 amide bonds. The van der Waals surface area contributed by atoms with Crippen molar-refractivity contribution in [2.45, 2.75) is 18.6 Å². The molecule has 1 aromatic carbocycles. The van der Waals surface area contributed by atoms with Crippen molar-refractivity contribution in [2.24, 2.45) is 10.9 Å². The lowest BCUT2D eigenvalue weighted by Gasteiger charge is -2.47. The highest BCUT2D eigenvalue weighted by molar-refractivity contribution is 6.01. The summed E-state index contributed by atoms with van der Waals surface area (Å²) in [6.07, 6.45) is 2.26. The molecule has 4 aliphatic heterocycles. The first-order valence-electron chi connectivity index (χ1n) is 7.68. The van der Waals surface area contributed by atoms with Crippen LogP contribution in [0.5, 0.6) is 0 Å². The number of rotatable bonds is 1. The molecule has 3 fully saturated rings. The van der Waals surface area contributed by atoms with E-state index >= 15 is 0 Å². The quantitative estimate of drug-likeness (QED) is 0.878. The molecule has 1 unspecified atom stereocenters. The number of benzene rings is 1. The SMILES string of the molecule is Fc1cc2cc(C3=NC4(CN5CCC4CC5)ON3)ccc2o1. The normalized spacial score (nSPS) is 33.4. The van der Waals surface area contributed by atoms with E-state index in [2.05, 4.69) is 10.4 Å². The topological polar surface area (TPSA) is 50.0 Å². The van der Waals surface area contributed by atoms with Gasteiger partial charge in [-0.15, -0.1) is 0 Å². The molecule has 5 nitrogen and oxygen atoms in total. The van der Waals surface area contributed by atoms with Gasteiger partial charge in [0.25, 0.3) is 6.01 Å². The second-order valence-corrected chi connectivity index (χ2v) is 6.36. The number of hydrogen-bond acceptors (Lipinski definition) is 5. The summed E-state index contributed by atoms with van der Waals surface area (Å²) in [5, 5.41) is 0.731. The van der Waals surface area contributed by atoms with E-state index in [1.54, 1.807) is 6.07 Å². The van der Waals surface area contributed by atoms with Crippen LogP contribution in [0.3, 0.4) is 0 Å². The molecule has 3 saturated heterocycles. The Labute approximate surface area is 126 Å². The number of nitrogens with one attached hydrogen (secondary N) is 1. The van der Waals surface area contributed by atoms with Gasteiger partial charge in [-0.25, -0.2) is 15.3 Å². The molecule has 4 aliphatic rings. The first kappa shape index (κ1) is 12.6. The zero-order valence-corrected chi connectivity index (χ0v) is 12.0. The lowest BCUT2D eigenvalue weighted by molar-refractivity contribution is -0.155. The van der Waals surface area contributed by atoms with Crippen molar-refractivity contribution in [3.8, 4) is 0 Å². The predicted molar refractivity (Wildman–Crippen MR) is 78.8 cm³/mol. The molecule has 0 saturated carbocycles. The fourth-order valence-electron chi connectivity index (χ4n) is 3.89. The van der Waals surface area contributed by atoms with Crippen LogP contribution in [0.2, 0.25) is 0 Å². The summed E-state index contributed by atoms with van der Waals surface area (Å²) in [6.45, 7) is 3.12. The Morgan fingerprint density at radius 2 is 2.14 bits per heavy atom. The van der Waals surface area contributed by atoms with Gasteiger partial charge in [0.2, 0.25) is 5.72 Å². The zero-order valence-electron chi connectivity index (χ0n) is 12.0. The first-order valence-corrected chi connectivity index (χ1v) is 7.68. The highest BCUT2D eigenvalue weighted by Crippen LogP contribution is 2.41. The molecule has 2 aromatic rings. The maximum atomic E-state index is 13.2. The number of amidine groups is 1. The third kappa shape index (κ3) is 1.74. The summed E-state index contributed by atoms with van der Waals surface area (Å²) in [4.78, 5) is 13.2. The Morgan fingerprint density at radius 1 is 1.27 bits per heavy atom. The van der Waals surface area contributed by atoms with Crippen molar-refractivity contribution >= 4 is 16.8 Å². The van der Waals surface area contributed by atoms with Crippen LogP contribution < -0.4 is 5.48 Å². The van der Waals surface area contributed by atoms with Crippen LogP contribution in [-0.2, 0) is 4.84 Å². The van der Waals surface area contributed by atoms with Crippen LogP contribution >= 0.6 is 0 Å². The van der Waals surface area contributed by atoms with Crippen molar-refractivity contribution in [1.29, 1.82) is 0 Å². The van der Waals surface area contributed by atoms with Crippen LogP contribution in [0.4, 0.5) is 4.39 Å². The summed E-state index contributed by atoms with van der Waals surface area (Å²) in [5.74, 6) is 1.19. The minimum Gasteiger partial charge on any atom is -0.431 e. The molecule has 114 valence electrons. The van der Waals surface area contributed by atoms with Gasteiger partial charge in [-0.05, 0) is 44.1 Å². The molecule has 0 radical (unpaired) electrons. The number of piperidine rings is 3. The van der Waals surface area contributed by atoms with E-state index in [1.807, 2.05) is 12.1 Å². The average molecular weight is 301 g/mol. The molecular weight excluding hydrogens is 285 g/mol. The smallest absolute Gasteiger partial charge is 0.278 e. The predicted octanol–water partition coefficient (Wildman–Crippen LogP) is 2.28. The minimum atomic E-state index is -0.571.